The second-order valence-electron chi connectivity index (χ2n) is 2.98. The molecule has 13 heavy (non-hydrogen) atoms. The lowest BCUT2D eigenvalue weighted by Crippen LogP contribution is -2.44. The average molecular weight is 187 g/mol. The predicted octanol–water partition coefficient (Wildman–Crippen LogP) is 1.94. The molecular formula is C8H10BF3N-. The van der Waals surface area contributed by atoms with Crippen LogP contribution in [-0.2, 0) is 6.42 Å². The molecular weight excluding hydrogens is 177 g/mol. The molecule has 0 aliphatic carbocycles. The Bertz CT molecular complexity index is 260. The molecule has 2 N–H and O–H groups in total. The van der Waals surface area contributed by atoms with Crippen LogP contribution >= 0.6 is 0 Å². The Balaban J connectivity index is 2.61. The quantitative estimate of drug-likeness (QED) is 0.718. The zero-order chi connectivity index (χ0) is 9.90. The van der Waals surface area contributed by atoms with Crippen LogP contribution in [0.15, 0.2) is 30.3 Å². The highest BCUT2D eigenvalue weighted by molar-refractivity contribution is 6.60. The lowest BCUT2D eigenvalue weighted by Gasteiger charge is -2.22. The molecule has 1 aromatic carbocycles. The van der Waals surface area contributed by atoms with E-state index >= 15 is 0 Å². The first-order chi connectivity index (χ1) is 6.00. The minimum atomic E-state index is -4.92. The van der Waals surface area contributed by atoms with Crippen LogP contribution in [0, 0.1) is 0 Å². The Morgan fingerprint density at radius 2 is 1.69 bits per heavy atom. The lowest BCUT2D eigenvalue weighted by atomic mass is 9.76. The summed E-state index contributed by atoms with van der Waals surface area (Å²) in [6, 6.07) is 8.44. The van der Waals surface area contributed by atoms with E-state index in [0.717, 1.165) is 0 Å². The number of halogens is 3. The second-order valence-corrected chi connectivity index (χ2v) is 2.98. The van der Waals surface area contributed by atoms with Crippen molar-refractivity contribution in [2.45, 2.75) is 12.4 Å². The van der Waals surface area contributed by atoms with Gasteiger partial charge in [0, 0.05) is 0 Å². The summed E-state index contributed by atoms with van der Waals surface area (Å²) >= 11 is 0. The molecule has 5 heteroatoms. The highest BCUT2D eigenvalue weighted by Crippen LogP contribution is 2.15. The fourth-order valence-electron chi connectivity index (χ4n) is 1.02. The number of hydrogen-bond acceptors (Lipinski definition) is 1. The van der Waals surface area contributed by atoms with Crippen LogP contribution in [0.5, 0.6) is 0 Å². The van der Waals surface area contributed by atoms with Crippen LogP contribution in [0.3, 0.4) is 0 Å². The summed E-state index contributed by atoms with van der Waals surface area (Å²) in [7, 11) is 0. The highest BCUT2D eigenvalue weighted by Gasteiger charge is 2.31. The zero-order valence-corrected chi connectivity index (χ0v) is 6.96. The van der Waals surface area contributed by atoms with E-state index in [1.165, 1.54) is 0 Å². The normalized spacial score (nSPS) is 14.2. The molecule has 0 spiro atoms. The molecule has 0 saturated carbocycles. The van der Waals surface area contributed by atoms with Crippen molar-refractivity contribution in [2.24, 2.45) is 5.73 Å². The third kappa shape index (κ3) is 3.10. The van der Waals surface area contributed by atoms with Crippen molar-refractivity contribution in [1.82, 2.24) is 0 Å². The highest BCUT2D eigenvalue weighted by atomic mass is 19.3. The summed E-state index contributed by atoms with van der Waals surface area (Å²) < 4.78 is 36.2. The minimum absolute atomic E-state index is 0.135. The zero-order valence-electron chi connectivity index (χ0n) is 6.96. The summed E-state index contributed by atoms with van der Waals surface area (Å²) in [6.45, 7) is -4.92. The maximum Gasteiger partial charge on any atom is 0.494 e. The molecule has 0 aliphatic heterocycles. The van der Waals surface area contributed by atoms with Gasteiger partial charge in [0.15, 0.2) is 0 Å². The lowest BCUT2D eigenvalue weighted by molar-refractivity contribution is 0.436. The van der Waals surface area contributed by atoms with Crippen molar-refractivity contribution in [3.63, 3.8) is 0 Å². The second kappa shape index (κ2) is 3.83. The first-order valence-electron chi connectivity index (χ1n) is 3.99. The van der Waals surface area contributed by atoms with E-state index in [0.29, 0.717) is 5.56 Å². The summed E-state index contributed by atoms with van der Waals surface area (Å²) in [5.41, 5.74) is 5.61. The molecule has 0 saturated heterocycles. The molecule has 0 bridgehead atoms. The molecule has 1 rings (SSSR count). The van der Waals surface area contributed by atoms with Crippen molar-refractivity contribution in [2.75, 3.05) is 0 Å². The maximum absolute atomic E-state index is 12.1. The SMILES string of the molecule is N[C@@H](Cc1ccccc1)[B-](F)(F)[18F]. The van der Waals surface area contributed by atoms with Crippen molar-refractivity contribution >= 4 is 6.98 Å². The van der Waals surface area contributed by atoms with E-state index in [2.05, 4.69) is 0 Å². The first-order valence-corrected chi connectivity index (χ1v) is 3.99. The van der Waals surface area contributed by atoms with Gasteiger partial charge in [0.2, 0.25) is 0 Å². The molecule has 0 amide bonds. The van der Waals surface area contributed by atoms with Gasteiger partial charge in [-0.2, -0.15) is 0 Å². The third-order valence-corrected chi connectivity index (χ3v) is 1.80. The summed E-state index contributed by atoms with van der Waals surface area (Å²) in [4.78, 5) is 0. The Kier molecular flexibility index (Phi) is 2.98. The first kappa shape index (κ1) is 10.1. The number of rotatable bonds is 3. The Hall–Kier alpha value is -0.965. The third-order valence-electron chi connectivity index (χ3n) is 1.80. The van der Waals surface area contributed by atoms with Crippen LogP contribution in [0.4, 0.5) is 12.9 Å². The van der Waals surface area contributed by atoms with Crippen LogP contribution in [0.25, 0.3) is 0 Å². The molecule has 1 aromatic rings. The van der Waals surface area contributed by atoms with Gasteiger partial charge < -0.3 is 18.7 Å². The van der Waals surface area contributed by atoms with Crippen LogP contribution in [0.1, 0.15) is 5.56 Å². The van der Waals surface area contributed by atoms with Gasteiger partial charge in [-0.1, -0.05) is 30.3 Å². The molecule has 0 radical (unpaired) electrons. The maximum atomic E-state index is 12.1. The monoisotopic (exact) mass is 187 g/mol. The smallest absolute Gasteiger partial charge is 0.448 e. The largest absolute Gasteiger partial charge is 0.494 e. The molecule has 1 nitrogen and oxygen atoms in total. The van der Waals surface area contributed by atoms with E-state index in [-0.39, 0.29) is 6.42 Å². The molecule has 72 valence electrons. The van der Waals surface area contributed by atoms with Gasteiger partial charge in [0.1, 0.15) is 0 Å². The standard InChI is InChI=1S/C8H10BF3N/c10-9(11,12)8(13)6-7-4-2-1-3-5-7/h1-5,8H,6,13H2/q-1/t8-/m0/s1/i10-1. The van der Waals surface area contributed by atoms with Gasteiger partial charge in [-0.05, 0) is 17.9 Å². The fraction of sp³-hybridized carbons (Fsp3) is 0.250. The van der Waals surface area contributed by atoms with Gasteiger partial charge in [-0.3, -0.25) is 0 Å². The molecule has 0 heterocycles. The Morgan fingerprint density at radius 3 is 2.15 bits per heavy atom. The van der Waals surface area contributed by atoms with Gasteiger partial charge >= 0.3 is 6.98 Å². The Labute approximate surface area is 74.8 Å². The summed E-state index contributed by atoms with van der Waals surface area (Å²) in [6.07, 6.45) is -0.135. The summed E-state index contributed by atoms with van der Waals surface area (Å²) in [5, 5.41) is 0. The van der Waals surface area contributed by atoms with E-state index in [9.17, 15) is 12.9 Å². The van der Waals surface area contributed by atoms with Crippen LogP contribution in [-0.4, -0.2) is 12.9 Å². The molecule has 0 unspecified atom stereocenters. The number of nitrogens with two attached hydrogens (primary N) is 1. The molecule has 1 atom stereocenters. The van der Waals surface area contributed by atoms with Crippen molar-refractivity contribution < 1.29 is 12.9 Å². The number of hydrogen-bond donors (Lipinski definition) is 1. The fourth-order valence-corrected chi connectivity index (χ4v) is 1.02. The average Bonchev–Trinajstić information content (AvgIpc) is 2.04. The van der Waals surface area contributed by atoms with E-state index < -0.39 is 12.9 Å². The molecule has 0 aliphatic rings. The van der Waals surface area contributed by atoms with Crippen molar-refractivity contribution in [3.05, 3.63) is 35.9 Å². The van der Waals surface area contributed by atoms with E-state index in [1.807, 2.05) is 0 Å². The van der Waals surface area contributed by atoms with Gasteiger partial charge in [-0.25, -0.2) is 0 Å². The summed E-state index contributed by atoms with van der Waals surface area (Å²) in [5.74, 6) is -1.71. The molecule has 0 fully saturated rings. The minimum Gasteiger partial charge on any atom is -0.448 e. The van der Waals surface area contributed by atoms with Gasteiger partial charge in [-0.15, -0.1) is 0 Å². The van der Waals surface area contributed by atoms with Gasteiger partial charge in [0.05, 0.1) is 0 Å². The topological polar surface area (TPSA) is 26.0 Å². The van der Waals surface area contributed by atoms with E-state index in [1.54, 1.807) is 30.3 Å². The number of benzene rings is 1. The Morgan fingerprint density at radius 1 is 1.15 bits per heavy atom. The van der Waals surface area contributed by atoms with Crippen LogP contribution < -0.4 is 5.73 Å². The van der Waals surface area contributed by atoms with Crippen molar-refractivity contribution in [3.8, 4) is 0 Å². The van der Waals surface area contributed by atoms with Crippen LogP contribution in [0.2, 0.25) is 0 Å². The predicted molar refractivity (Wildman–Crippen MR) is 47.2 cm³/mol. The molecule has 0 aromatic heterocycles. The van der Waals surface area contributed by atoms with Gasteiger partial charge in [0.25, 0.3) is 0 Å². The van der Waals surface area contributed by atoms with E-state index in [4.69, 9.17) is 5.73 Å². The van der Waals surface area contributed by atoms with Crippen molar-refractivity contribution in [1.29, 1.82) is 0 Å².